The Kier molecular flexibility index (Phi) is 5.51. The first-order valence-corrected chi connectivity index (χ1v) is 7.15. The molecule has 0 spiro atoms. The lowest BCUT2D eigenvalue weighted by Crippen LogP contribution is -2.38. The van der Waals surface area contributed by atoms with Gasteiger partial charge in [-0.15, -0.1) is 0 Å². The van der Waals surface area contributed by atoms with Gasteiger partial charge in [0.2, 0.25) is 0 Å². The summed E-state index contributed by atoms with van der Waals surface area (Å²) in [6, 6.07) is 8.91. The largest absolute Gasteiger partial charge is 0.493 e. The smallest absolute Gasteiger partial charge is 0.320 e. The van der Waals surface area contributed by atoms with E-state index >= 15 is 0 Å². The van der Waals surface area contributed by atoms with Crippen LogP contribution in [0.15, 0.2) is 36.5 Å². The molecule has 1 unspecified atom stereocenters. The molecule has 21 heavy (non-hydrogen) atoms. The Morgan fingerprint density at radius 3 is 3.00 bits per heavy atom. The molecule has 2 rings (SSSR count). The zero-order valence-corrected chi connectivity index (χ0v) is 12.1. The number of hydrogen-bond acceptors (Lipinski definition) is 4. The molecule has 1 atom stereocenters. The van der Waals surface area contributed by atoms with Crippen LogP contribution in [0.25, 0.3) is 10.9 Å². The highest BCUT2D eigenvalue weighted by atomic mass is 16.5. The zero-order chi connectivity index (χ0) is 15.1. The van der Waals surface area contributed by atoms with Crippen molar-refractivity contribution in [1.82, 2.24) is 10.3 Å². The van der Waals surface area contributed by atoms with Crippen LogP contribution in [0.1, 0.15) is 19.8 Å². The Morgan fingerprint density at radius 2 is 2.24 bits per heavy atom. The van der Waals surface area contributed by atoms with Gasteiger partial charge in [0.25, 0.3) is 0 Å². The number of carbonyl (C=O) groups is 1. The van der Waals surface area contributed by atoms with Crippen molar-refractivity contribution in [2.24, 2.45) is 0 Å². The molecule has 0 saturated carbocycles. The van der Waals surface area contributed by atoms with Gasteiger partial charge in [-0.2, -0.15) is 0 Å². The molecule has 0 fully saturated rings. The van der Waals surface area contributed by atoms with Crippen molar-refractivity contribution < 1.29 is 14.6 Å². The maximum absolute atomic E-state index is 11.1. The molecule has 1 aromatic heterocycles. The van der Waals surface area contributed by atoms with Gasteiger partial charge in [0.1, 0.15) is 11.8 Å². The number of ether oxygens (including phenoxy) is 1. The summed E-state index contributed by atoms with van der Waals surface area (Å²) in [5.74, 6) is -0.105. The van der Waals surface area contributed by atoms with E-state index in [0.717, 1.165) is 23.1 Å². The quantitative estimate of drug-likeness (QED) is 0.780. The van der Waals surface area contributed by atoms with Crippen molar-refractivity contribution in [3.05, 3.63) is 36.5 Å². The van der Waals surface area contributed by atoms with Crippen LogP contribution in [-0.2, 0) is 4.79 Å². The number of carboxylic acids is 1. The molecule has 2 aromatic rings. The van der Waals surface area contributed by atoms with Gasteiger partial charge in [-0.25, -0.2) is 0 Å². The van der Waals surface area contributed by atoms with Crippen molar-refractivity contribution in [3.8, 4) is 5.75 Å². The molecule has 1 heterocycles. The Hall–Kier alpha value is -2.14. The molecule has 2 N–H and O–H groups in total. The van der Waals surface area contributed by atoms with Gasteiger partial charge >= 0.3 is 5.97 Å². The first-order chi connectivity index (χ1) is 10.2. The van der Waals surface area contributed by atoms with E-state index in [-0.39, 0.29) is 0 Å². The van der Waals surface area contributed by atoms with Crippen LogP contribution in [0.3, 0.4) is 0 Å². The molecule has 0 aliphatic heterocycles. The minimum absolute atomic E-state index is 0.349. The second-order valence-corrected chi connectivity index (χ2v) is 4.81. The highest BCUT2D eigenvalue weighted by Crippen LogP contribution is 2.23. The highest BCUT2D eigenvalue weighted by Gasteiger charge is 2.16. The number of fused-ring (bicyclic) bond motifs is 1. The van der Waals surface area contributed by atoms with E-state index in [2.05, 4.69) is 10.3 Å². The SMILES string of the molecule is CCCNC(CCOc1cccc2ncccc12)C(=O)O. The minimum Gasteiger partial charge on any atom is -0.493 e. The van der Waals surface area contributed by atoms with E-state index in [1.54, 1.807) is 6.20 Å². The number of aromatic nitrogens is 1. The van der Waals surface area contributed by atoms with Crippen LogP contribution in [0.4, 0.5) is 0 Å². The standard InChI is InChI=1S/C16H20N2O3/c1-2-9-17-14(16(19)20)8-11-21-15-7-3-6-13-12(15)5-4-10-18-13/h3-7,10,14,17H,2,8-9,11H2,1H3,(H,19,20). The maximum atomic E-state index is 11.1. The molecule has 0 saturated heterocycles. The van der Waals surface area contributed by atoms with Gasteiger partial charge in [0.05, 0.1) is 12.1 Å². The first-order valence-electron chi connectivity index (χ1n) is 7.15. The fourth-order valence-electron chi connectivity index (χ4n) is 2.12. The Balaban J connectivity index is 1.96. The fraction of sp³-hybridized carbons (Fsp3) is 0.375. The molecule has 0 aliphatic carbocycles. The van der Waals surface area contributed by atoms with Crippen molar-refractivity contribution in [2.75, 3.05) is 13.2 Å². The molecule has 0 bridgehead atoms. The topological polar surface area (TPSA) is 71.5 Å². The van der Waals surface area contributed by atoms with E-state index in [0.29, 0.717) is 19.6 Å². The van der Waals surface area contributed by atoms with Crippen molar-refractivity contribution in [1.29, 1.82) is 0 Å². The van der Waals surface area contributed by atoms with E-state index in [1.807, 2.05) is 37.3 Å². The normalized spacial score (nSPS) is 12.2. The maximum Gasteiger partial charge on any atom is 0.320 e. The Labute approximate surface area is 124 Å². The summed E-state index contributed by atoms with van der Waals surface area (Å²) in [4.78, 5) is 15.4. The molecular formula is C16H20N2O3. The second kappa shape index (κ2) is 7.59. The molecule has 5 nitrogen and oxygen atoms in total. The number of carboxylic acid groups (broad SMARTS) is 1. The number of aliphatic carboxylic acids is 1. The summed E-state index contributed by atoms with van der Waals surface area (Å²) in [5, 5.41) is 13.1. The summed E-state index contributed by atoms with van der Waals surface area (Å²) < 4.78 is 5.74. The van der Waals surface area contributed by atoms with E-state index in [9.17, 15) is 4.79 Å². The third-order valence-corrected chi connectivity index (χ3v) is 3.21. The van der Waals surface area contributed by atoms with Crippen LogP contribution in [0, 0.1) is 0 Å². The van der Waals surface area contributed by atoms with Crippen LogP contribution < -0.4 is 10.1 Å². The van der Waals surface area contributed by atoms with Gasteiger partial charge in [0.15, 0.2) is 0 Å². The molecule has 5 heteroatoms. The molecular weight excluding hydrogens is 268 g/mol. The number of hydrogen-bond donors (Lipinski definition) is 2. The van der Waals surface area contributed by atoms with Crippen LogP contribution in [-0.4, -0.2) is 35.3 Å². The van der Waals surface area contributed by atoms with Crippen LogP contribution in [0.5, 0.6) is 5.75 Å². The van der Waals surface area contributed by atoms with Crippen LogP contribution >= 0.6 is 0 Å². The van der Waals surface area contributed by atoms with E-state index in [4.69, 9.17) is 9.84 Å². The van der Waals surface area contributed by atoms with Crippen molar-refractivity contribution in [3.63, 3.8) is 0 Å². The summed E-state index contributed by atoms with van der Waals surface area (Å²) >= 11 is 0. The second-order valence-electron chi connectivity index (χ2n) is 4.81. The van der Waals surface area contributed by atoms with E-state index in [1.165, 1.54) is 0 Å². The van der Waals surface area contributed by atoms with Crippen molar-refractivity contribution in [2.45, 2.75) is 25.8 Å². The predicted molar refractivity (Wildman–Crippen MR) is 81.6 cm³/mol. The molecule has 1 aromatic carbocycles. The third kappa shape index (κ3) is 4.16. The summed E-state index contributed by atoms with van der Waals surface area (Å²) in [5.41, 5.74) is 0.869. The van der Waals surface area contributed by atoms with Gasteiger partial charge in [0, 0.05) is 18.0 Å². The highest BCUT2D eigenvalue weighted by molar-refractivity contribution is 5.84. The molecule has 112 valence electrons. The first kappa shape index (κ1) is 15.3. The van der Waals surface area contributed by atoms with Gasteiger partial charge in [-0.3, -0.25) is 9.78 Å². The van der Waals surface area contributed by atoms with Gasteiger partial charge in [-0.1, -0.05) is 13.0 Å². The molecule has 0 aliphatic rings. The monoisotopic (exact) mass is 288 g/mol. The summed E-state index contributed by atoms with van der Waals surface area (Å²) in [7, 11) is 0. The number of nitrogens with one attached hydrogen (secondary N) is 1. The lowest BCUT2D eigenvalue weighted by molar-refractivity contribution is -0.139. The Bertz CT molecular complexity index is 596. The molecule has 0 radical (unpaired) electrons. The Morgan fingerprint density at radius 1 is 1.38 bits per heavy atom. The van der Waals surface area contributed by atoms with Crippen molar-refractivity contribution >= 4 is 16.9 Å². The number of pyridine rings is 1. The number of rotatable bonds is 8. The number of benzene rings is 1. The minimum atomic E-state index is -0.841. The predicted octanol–water partition coefficient (Wildman–Crippen LogP) is 2.46. The fourth-order valence-corrected chi connectivity index (χ4v) is 2.12. The average molecular weight is 288 g/mol. The lowest BCUT2D eigenvalue weighted by atomic mass is 10.2. The lowest BCUT2D eigenvalue weighted by Gasteiger charge is -2.15. The van der Waals surface area contributed by atoms with E-state index < -0.39 is 12.0 Å². The third-order valence-electron chi connectivity index (χ3n) is 3.21. The average Bonchev–Trinajstić information content (AvgIpc) is 2.50. The zero-order valence-electron chi connectivity index (χ0n) is 12.1. The van der Waals surface area contributed by atoms with Gasteiger partial charge < -0.3 is 15.2 Å². The molecule has 0 amide bonds. The number of nitrogens with zero attached hydrogens (tertiary/aromatic N) is 1. The van der Waals surface area contributed by atoms with Crippen LogP contribution in [0.2, 0.25) is 0 Å². The summed E-state index contributed by atoms with van der Waals surface area (Å²) in [6.07, 6.45) is 3.06. The summed E-state index contributed by atoms with van der Waals surface area (Å²) in [6.45, 7) is 3.04. The van der Waals surface area contributed by atoms with Gasteiger partial charge in [-0.05, 0) is 37.2 Å².